The summed E-state index contributed by atoms with van der Waals surface area (Å²) in [5, 5.41) is 8.88. The second-order valence-corrected chi connectivity index (χ2v) is 5.67. The number of aliphatic carboxylic acids is 1. The average Bonchev–Trinajstić information content (AvgIpc) is 2.47. The van der Waals surface area contributed by atoms with Crippen LogP contribution in [-0.2, 0) is 17.8 Å². The molecule has 1 aromatic rings. The van der Waals surface area contributed by atoms with Gasteiger partial charge < -0.3 is 5.11 Å². The zero-order valence-electron chi connectivity index (χ0n) is 12.3. The van der Waals surface area contributed by atoms with Crippen molar-refractivity contribution in [3.05, 3.63) is 35.4 Å². The quantitative estimate of drug-likeness (QED) is 0.864. The summed E-state index contributed by atoms with van der Waals surface area (Å²) in [6.07, 6.45) is 5.74. The maximum Gasteiger partial charge on any atom is 0.303 e. The van der Waals surface area contributed by atoms with Gasteiger partial charge in [-0.3, -0.25) is 9.69 Å². The van der Waals surface area contributed by atoms with Crippen molar-refractivity contribution in [3.8, 4) is 0 Å². The zero-order valence-corrected chi connectivity index (χ0v) is 12.3. The van der Waals surface area contributed by atoms with Crippen LogP contribution in [0.4, 0.5) is 0 Å². The molecule has 0 amide bonds. The van der Waals surface area contributed by atoms with Crippen LogP contribution in [0, 0.1) is 0 Å². The SMILES string of the molecule is CCc1ccccc1CN1CCCCC1CCC(=O)O. The number of carboxylic acids is 1. The molecular formula is C17H25NO2. The predicted molar refractivity (Wildman–Crippen MR) is 80.7 cm³/mol. The first-order valence-corrected chi connectivity index (χ1v) is 7.73. The molecule has 1 aliphatic rings. The lowest BCUT2D eigenvalue weighted by Crippen LogP contribution is -2.39. The smallest absolute Gasteiger partial charge is 0.303 e. The first-order valence-electron chi connectivity index (χ1n) is 7.73. The third-order valence-electron chi connectivity index (χ3n) is 4.31. The van der Waals surface area contributed by atoms with Crippen molar-refractivity contribution < 1.29 is 9.90 Å². The molecule has 2 rings (SSSR count). The van der Waals surface area contributed by atoms with Gasteiger partial charge in [0.05, 0.1) is 0 Å². The van der Waals surface area contributed by atoms with Gasteiger partial charge >= 0.3 is 5.97 Å². The molecule has 0 aliphatic carbocycles. The third-order valence-corrected chi connectivity index (χ3v) is 4.31. The zero-order chi connectivity index (χ0) is 14.4. The minimum atomic E-state index is -0.676. The van der Waals surface area contributed by atoms with E-state index in [0.29, 0.717) is 6.04 Å². The van der Waals surface area contributed by atoms with Gasteiger partial charge in [-0.05, 0) is 43.4 Å². The molecule has 1 fully saturated rings. The molecule has 1 saturated heterocycles. The van der Waals surface area contributed by atoms with Crippen LogP contribution in [0.15, 0.2) is 24.3 Å². The Bertz CT molecular complexity index is 444. The van der Waals surface area contributed by atoms with Crippen LogP contribution < -0.4 is 0 Å². The van der Waals surface area contributed by atoms with E-state index in [4.69, 9.17) is 5.11 Å². The van der Waals surface area contributed by atoms with E-state index in [0.717, 1.165) is 32.4 Å². The molecule has 0 bridgehead atoms. The van der Waals surface area contributed by atoms with E-state index < -0.39 is 5.97 Å². The second kappa shape index (κ2) is 7.44. The number of hydrogen-bond acceptors (Lipinski definition) is 2. The minimum Gasteiger partial charge on any atom is -0.481 e. The largest absolute Gasteiger partial charge is 0.481 e. The van der Waals surface area contributed by atoms with Gasteiger partial charge in [0.25, 0.3) is 0 Å². The predicted octanol–water partition coefficient (Wildman–Crippen LogP) is 3.47. The van der Waals surface area contributed by atoms with Crippen molar-refractivity contribution in [2.45, 2.75) is 58.0 Å². The Morgan fingerprint density at radius 2 is 2.05 bits per heavy atom. The molecule has 1 aliphatic heterocycles. The van der Waals surface area contributed by atoms with Gasteiger partial charge in [0.2, 0.25) is 0 Å². The van der Waals surface area contributed by atoms with Crippen LogP contribution >= 0.6 is 0 Å². The number of benzene rings is 1. The summed E-state index contributed by atoms with van der Waals surface area (Å²) in [5.74, 6) is -0.676. The number of nitrogens with zero attached hydrogens (tertiary/aromatic N) is 1. The summed E-state index contributed by atoms with van der Waals surface area (Å²) in [5.41, 5.74) is 2.81. The molecule has 1 N–H and O–H groups in total. The van der Waals surface area contributed by atoms with Crippen LogP contribution in [-0.4, -0.2) is 28.6 Å². The molecule has 1 unspecified atom stereocenters. The van der Waals surface area contributed by atoms with Crippen molar-refractivity contribution in [1.29, 1.82) is 0 Å². The number of likely N-dealkylation sites (tertiary alicyclic amines) is 1. The highest BCUT2D eigenvalue weighted by Gasteiger charge is 2.23. The van der Waals surface area contributed by atoms with Gasteiger partial charge in [0.1, 0.15) is 0 Å². The molecule has 20 heavy (non-hydrogen) atoms. The summed E-state index contributed by atoms with van der Waals surface area (Å²) in [7, 11) is 0. The van der Waals surface area contributed by atoms with E-state index in [1.54, 1.807) is 0 Å². The Morgan fingerprint density at radius 3 is 2.75 bits per heavy atom. The van der Waals surface area contributed by atoms with Gasteiger partial charge in [-0.25, -0.2) is 0 Å². The Hall–Kier alpha value is -1.35. The summed E-state index contributed by atoms with van der Waals surface area (Å²) in [4.78, 5) is 13.3. The van der Waals surface area contributed by atoms with Crippen molar-refractivity contribution in [2.24, 2.45) is 0 Å². The van der Waals surface area contributed by atoms with Gasteiger partial charge in [0.15, 0.2) is 0 Å². The van der Waals surface area contributed by atoms with Gasteiger partial charge in [0, 0.05) is 19.0 Å². The van der Waals surface area contributed by atoms with Crippen LogP contribution in [0.2, 0.25) is 0 Å². The van der Waals surface area contributed by atoms with E-state index in [9.17, 15) is 4.79 Å². The number of carboxylic acid groups (broad SMARTS) is 1. The first-order chi connectivity index (χ1) is 9.70. The normalized spacial score (nSPS) is 19.9. The lowest BCUT2D eigenvalue weighted by molar-refractivity contribution is -0.137. The molecule has 1 atom stereocenters. The van der Waals surface area contributed by atoms with Crippen LogP contribution in [0.1, 0.15) is 50.2 Å². The van der Waals surface area contributed by atoms with E-state index in [-0.39, 0.29) is 6.42 Å². The molecule has 3 heteroatoms. The van der Waals surface area contributed by atoms with Crippen molar-refractivity contribution in [1.82, 2.24) is 4.90 Å². The van der Waals surface area contributed by atoms with Crippen LogP contribution in [0.5, 0.6) is 0 Å². The maximum absolute atomic E-state index is 10.8. The van der Waals surface area contributed by atoms with Crippen molar-refractivity contribution in [3.63, 3.8) is 0 Å². The fourth-order valence-electron chi connectivity index (χ4n) is 3.16. The average molecular weight is 275 g/mol. The summed E-state index contributed by atoms with van der Waals surface area (Å²) >= 11 is 0. The van der Waals surface area contributed by atoms with Crippen molar-refractivity contribution >= 4 is 5.97 Å². The Kier molecular flexibility index (Phi) is 5.60. The molecule has 3 nitrogen and oxygen atoms in total. The lowest BCUT2D eigenvalue weighted by Gasteiger charge is -2.36. The minimum absolute atomic E-state index is 0.288. The first kappa shape index (κ1) is 15.0. The van der Waals surface area contributed by atoms with Gasteiger partial charge in [-0.2, -0.15) is 0 Å². The molecule has 1 heterocycles. The highest BCUT2D eigenvalue weighted by Crippen LogP contribution is 2.24. The van der Waals surface area contributed by atoms with Gasteiger partial charge in [-0.15, -0.1) is 0 Å². The van der Waals surface area contributed by atoms with E-state index >= 15 is 0 Å². The van der Waals surface area contributed by atoms with Crippen molar-refractivity contribution in [2.75, 3.05) is 6.54 Å². The van der Waals surface area contributed by atoms with Crippen LogP contribution in [0.25, 0.3) is 0 Å². The number of piperidine rings is 1. The van der Waals surface area contributed by atoms with Crippen LogP contribution in [0.3, 0.4) is 0 Å². The Morgan fingerprint density at radius 1 is 1.30 bits per heavy atom. The summed E-state index contributed by atoms with van der Waals surface area (Å²) in [6, 6.07) is 9.04. The molecule has 110 valence electrons. The molecule has 0 saturated carbocycles. The lowest BCUT2D eigenvalue weighted by atomic mass is 9.96. The molecule has 0 radical (unpaired) electrons. The number of aryl methyl sites for hydroxylation is 1. The molecular weight excluding hydrogens is 250 g/mol. The Balaban J connectivity index is 2.02. The Labute approximate surface area is 121 Å². The summed E-state index contributed by atoms with van der Waals surface area (Å²) < 4.78 is 0. The summed E-state index contributed by atoms with van der Waals surface area (Å²) in [6.45, 7) is 4.26. The second-order valence-electron chi connectivity index (χ2n) is 5.67. The highest BCUT2D eigenvalue weighted by molar-refractivity contribution is 5.66. The standard InChI is InChI=1S/C17H25NO2/c1-2-14-7-3-4-8-15(14)13-18-12-6-5-9-16(18)10-11-17(19)20/h3-4,7-8,16H,2,5-6,9-13H2,1H3,(H,19,20). The number of rotatable bonds is 6. The number of hydrogen-bond donors (Lipinski definition) is 1. The molecule has 0 spiro atoms. The topological polar surface area (TPSA) is 40.5 Å². The third kappa shape index (κ3) is 4.07. The molecule has 1 aromatic carbocycles. The monoisotopic (exact) mass is 275 g/mol. The number of carbonyl (C=O) groups is 1. The fourth-order valence-corrected chi connectivity index (χ4v) is 3.16. The van der Waals surface area contributed by atoms with E-state index in [2.05, 4.69) is 36.1 Å². The van der Waals surface area contributed by atoms with E-state index in [1.165, 1.54) is 24.0 Å². The molecule has 0 aromatic heterocycles. The maximum atomic E-state index is 10.8. The van der Waals surface area contributed by atoms with Gasteiger partial charge in [-0.1, -0.05) is 37.6 Å². The fraction of sp³-hybridized carbons (Fsp3) is 0.588. The highest BCUT2D eigenvalue weighted by atomic mass is 16.4. The van der Waals surface area contributed by atoms with E-state index in [1.807, 2.05) is 0 Å².